The van der Waals surface area contributed by atoms with Crippen LogP contribution in [0.4, 0.5) is 0 Å². The Hall–Kier alpha value is -4.01. The molecule has 4 aromatic rings. The monoisotopic (exact) mass is 512 g/mol. The third kappa shape index (κ3) is 4.73. The number of benzene rings is 4. The van der Waals surface area contributed by atoms with E-state index >= 15 is 0 Å². The molecule has 1 fully saturated rings. The summed E-state index contributed by atoms with van der Waals surface area (Å²) < 4.78 is 28.2. The van der Waals surface area contributed by atoms with Crippen molar-refractivity contribution >= 4 is 32.7 Å². The van der Waals surface area contributed by atoms with Gasteiger partial charge >= 0.3 is 0 Å². The molecule has 0 aliphatic carbocycles. The highest BCUT2D eigenvalue weighted by Crippen LogP contribution is 2.35. The average Bonchev–Trinajstić information content (AvgIpc) is 3.19. The summed E-state index contributed by atoms with van der Waals surface area (Å²) in [7, 11) is -3.65. The number of hydrogen-bond acceptors (Lipinski definition) is 4. The Labute approximate surface area is 216 Å². The standard InChI is InChI=1S/C29H28N4O3S/c30-28-32-29(24-13-3-1-4-14-24,25-15-5-2-6-16-25)27(34)33(28)20-10-9-19-31-37(35,36)26-18-17-22-11-7-8-12-23(22)21-26/h1-8,11-18,21,31H,9-10,19-20H2,(H2,30,32). The molecule has 1 heterocycles. The van der Waals surface area contributed by atoms with Gasteiger partial charge in [0.1, 0.15) is 0 Å². The van der Waals surface area contributed by atoms with Gasteiger partial charge < -0.3 is 5.32 Å². The van der Waals surface area contributed by atoms with Crippen LogP contribution >= 0.6 is 0 Å². The van der Waals surface area contributed by atoms with Crippen LogP contribution in [0.2, 0.25) is 0 Å². The number of nitrogens with one attached hydrogen (secondary N) is 3. The van der Waals surface area contributed by atoms with Crippen molar-refractivity contribution in [2.24, 2.45) is 0 Å². The second-order valence-electron chi connectivity index (χ2n) is 9.03. The molecule has 188 valence electrons. The van der Waals surface area contributed by atoms with Gasteiger partial charge in [-0.1, -0.05) is 91.0 Å². The number of hydrogen-bond donors (Lipinski definition) is 3. The molecule has 5 rings (SSSR count). The Bertz CT molecular complexity index is 1500. The predicted octanol–water partition coefficient (Wildman–Crippen LogP) is 4.21. The van der Waals surface area contributed by atoms with Crippen molar-refractivity contribution in [1.82, 2.24) is 14.9 Å². The largest absolute Gasteiger partial charge is 0.334 e. The quantitative estimate of drug-likeness (QED) is 0.292. The molecular weight excluding hydrogens is 484 g/mol. The number of amides is 1. The topological polar surface area (TPSA) is 102 Å². The molecule has 3 N–H and O–H groups in total. The molecule has 1 aliphatic rings. The Morgan fingerprint density at radius 3 is 2.03 bits per heavy atom. The third-order valence-corrected chi connectivity index (χ3v) is 8.15. The molecule has 0 saturated carbocycles. The SMILES string of the molecule is N=C1NC(c2ccccc2)(c2ccccc2)C(=O)N1CCCCNS(=O)(=O)c1ccc2ccccc2c1. The van der Waals surface area contributed by atoms with E-state index in [9.17, 15) is 13.2 Å². The zero-order valence-corrected chi connectivity index (χ0v) is 21.0. The molecule has 0 aromatic heterocycles. The van der Waals surface area contributed by atoms with Crippen molar-refractivity contribution in [3.05, 3.63) is 114 Å². The number of sulfonamides is 1. The van der Waals surface area contributed by atoms with Crippen molar-refractivity contribution in [2.45, 2.75) is 23.3 Å². The number of carbonyl (C=O) groups is 1. The van der Waals surface area contributed by atoms with Crippen LogP contribution in [0, 0.1) is 5.41 Å². The summed E-state index contributed by atoms with van der Waals surface area (Å²) in [6.07, 6.45) is 1.06. The molecule has 0 unspecified atom stereocenters. The van der Waals surface area contributed by atoms with Gasteiger partial charge in [-0.15, -0.1) is 0 Å². The fourth-order valence-corrected chi connectivity index (χ4v) is 5.88. The van der Waals surface area contributed by atoms with Gasteiger partial charge in [-0.3, -0.25) is 15.1 Å². The minimum absolute atomic E-state index is 0.0365. The molecule has 0 atom stereocenters. The van der Waals surface area contributed by atoms with Gasteiger partial charge in [0.25, 0.3) is 5.91 Å². The molecule has 37 heavy (non-hydrogen) atoms. The van der Waals surface area contributed by atoms with E-state index in [4.69, 9.17) is 5.41 Å². The van der Waals surface area contributed by atoms with Crippen molar-refractivity contribution in [3.8, 4) is 0 Å². The summed E-state index contributed by atoms with van der Waals surface area (Å²) >= 11 is 0. The van der Waals surface area contributed by atoms with Crippen LogP contribution < -0.4 is 10.0 Å². The Morgan fingerprint density at radius 1 is 0.784 bits per heavy atom. The number of carbonyl (C=O) groups excluding carboxylic acids is 1. The molecule has 1 amide bonds. The minimum atomic E-state index is -3.65. The lowest BCUT2D eigenvalue weighted by molar-refractivity contribution is -0.130. The maximum atomic E-state index is 13.8. The smallest absolute Gasteiger partial charge is 0.264 e. The molecule has 1 saturated heterocycles. The molecule has 8 heteroatoms. The first-order valence-corrected chi connectivity index (χ1v) is 13.7. The zero-order valence-electron chi connectivity index (χ0n) is 20.2. The van der Waals surface area contributed by atoms with Gasteiger partial charge in [0.2, 0.25) is 10.0 Å². The normalized spacial score (nSPS) is 15.2. The highest BCUT2D eigenvalue weighted by Gasteiger charge is 2.51. The van der Waals surface area contributed by atoms with E-state index in [1.54, 1.807) is 18.2 Å². The predicted molar refractivity (Wildman–Crippen MR) is 145 cm³/mol. The molecule has 1 aliphatic heterocycles. The van der Waals surface area contributed by atoms with Crippen molar-refractivity contribution < 1.29 is 13.2 Å². The summed E-state index contributed by atoms with van der Waals surface area (Å²) in [6.45, 7) is 0.546. The van der Waals surface area contributed by atoms with E-state index < -0.39 is 15.6 Å². The van der Waals surface area contributed by atoms with E-state index in [1.165, 1.54) is 4.90 Å². The molecule has 0 radical (unpaired) electrons. The zero-order chi connectivity index (χ0) is 25.9. The summed E-state index contributed by atoms with van der Waals surface area (Å²) in [4.78, 5) is 15.4. The lowest BCUT2D eigenvalue weighted by Gasteiger charge is -2.28. The van der Waals surface area contributed by atoms with Gasteiger partial charge in [0, 0.05) is 13.1 Å². The van der Waals surface area contributed by atoms with Crippen LogP contribution in [0.25, 0.3) is 10.8 Å². The Morgan fingerprint density at radius 2 is 1.38 bits per heavy atom. The first-order valence-electron chi connectivity index (χ1n) is 12.2. The fraction of sp³-hybridized carbons (Fsp3) is 0.172. The second kappa shape index (κ2) is 10.2. The number of nitrogens with zero attached hydrogens (tertiary/aromatic N) is 1. The third-order valence-electron chi connectivity index (χ3n) is 6.69. The average molecular weight is 513 g/mol. The molecule has 0 bridgehead atoms. The van der Waals surface area contributed by atoms with Crippen molar-refractivity contribution in [2.75, 3.05) is 13.1 Å². The number of rotatable bonds is 9. The molecular formula is C29H28N4O3S. The van der Waals surface area contributed by atoms with Crippen molar-refractivity contribution in [3.63, 3.8) is 0 Å². The number of guanidine groups is 1. The first-order chi connectivity index (χ1) is 17.9. The lowest BCUT2D eigenvalue weighted by Crippen LogP contribution is -2.45. The number of unbranched alkanes of at least 4 members (excludes halogenated alkanes) is 1. The van der Waals surface area contributed by atoms with Crippen molar-refractivity contribution in [1.29, 1.82) is 5.41 Å². The molecule has 4 aromatic carbocycles. The van der Waals surface area contributed by atoms with Crippen LogP contribution in [-0.2, 0) is 20.4 Å². The molecule has 7 nitrogen and oxygen atoms in total. The minimum Gasteiger partial charge on any atom is -0.334 e. The summed E-state index contributed by atoms with van der Waals surface area (Å²) in [5.74, 6) is -0.180. The van der Waals surface area contributed by atoms with E-state index in [2.05, 4.69) is 10.0 Å². The highest BCUT2D eigenvalue weighted by molar-refractivity contribution is 7.89. The maximum Gasteiger partial charge on any atom is 0.264 e. The van der Waals surface area contributed by atoms with Gasteiger partial charge in [0.05, 0.1) is 4.90 Å². The second-order valence-corrected chi connectivity index (χ2v) is 10.8. The van der Waals surface area contributed by atoms with E-state index in [-0.39, 0.29) is 23.3 Å². The van der Waals surface area contributed by atoms with Crippen LogP contribution in [0.1, 0.15) is 24.0 Å². The van der Waals surface area contributed by atoms with Gasteiger partial charge in [-0.2, -0.15) is 0 Å². The lowest BCUT2D eigenvalue weighted by atomic mass is 9.82. The van der Waals surface area contributed by atoms with Crippen LogP contribution in [-0.4, -0.2) is 38.3 Å². The molecule has 0 spiro atoms. The number of fused-ring (bicyclic) bond motifs is 1. The van der Waals surface area contributed by atoms with Gasteiger partial charge in [-0.25, -0.2) is 13.1 Å². The van der Waals surface area contributed by atoms with E-state index in [0.717, 1.165) is 21.9 Å². The summed E-state index contributed by atoms with van der Waals surface area (Å²) in [6, 6.07) is 31.5. The van der Waals surface area contributed by atoms with Crippen LogP contribution in [0.15, 0.2) is 108 Å². The van der Waals surface area contributed by atoms with Gasteiger partial charge in [0.15, 0.2) is 11.5 Å². The van der Waals surface area contributed by atoms with E-state index in [1.807, 2.05) is 84.9 Å². The Kier molecular flexibility index (Phi) is 6.78. The summed E-state index contributed by atoms with van der Waals surface area (Å²) in [5, 5.41) is 13.5. The van der Waals surface area contributed by atoms with E-state index in [0.29, 0.717) is 19.4 Å². The summed E-state index contributed by atoms with van der Waals surface area (Å²) in [5.41, 5.74) is 0.361. The highest BCUT2D eigenvalue weighted by atomic mass is 32.2. The first kappa shape index (κ1) is 24.7. The van der Waals surface area contributed by atoms with Gasteiger partial charge in [-0.05, 0) is 46.9 Å². The Balaban J connectivity index is 1.24. The fourth-order valence-electron chi connectivity index (χ4n) is 4.77. The van der Waals surface area contributed by atoms with Crippen LogP contribution in [0.3, 0.4) is 0 Å². The maximum absolute atomic E-state index is 13.8. The van der Waals surface area contributed by atoms with Crippen LogP contribution in [0.5, 0.6) is 0 Å².